The maximum atomic E-state index is 13.9. The Balaban J connectivity index is 1.17. The topological polar surface area (TPSA) is 55.6 Å². The van der Waals surface area contributed by atoms with E-state index in [2.05, 4.69) is 5.16 Å². The summed E-state index contributed by atoms with van der Waals surface area (Å²) in [6.45, 7) is 5.24. The normalized spacial score (nSPS) is 11.3. The fraction of sp³-hybridized carbons (Fsp3) is 0.143. The molecule has 5 nitrogen and oxygen atoms in total. The highest BCUT2D eigenvalue weighted by Gasteiger charge is 2.24. The number of rotatable bonds is 12. The molecule has 6 aromatic rings. The number of aromatic nitrogens is 1. The predicted octanol–water partition coefficient (Wildman–Crippen LogP) is 12.0. The van der Waals surface area contributed by atoms with Crippen molar-refractivity contribution in [1.82, 2.24) is 10.1 Å². The van der Waals surface area contributed by atoms with Crippen molar-refractivity contribution in [2.75, 3.05) is 0 Å². The number of carbonyl (C=O) groups excluding carboxylic acids is 1. The first kappa shape index (κ1) is 35.0. The third-order valence-electron chi connectivity index (χ3n) is 8.21. The van der Waals surface area contributed by atoms with Gasteiger partial charge in [-0.25, -0.2) is 0 Å². The number of carbonyl (C=O) groups is 1. The molecule has 0 unspecified atom stereocenters. The van der Waals surface area contributed by atoms with Crippen LogP contribution < -0.4 is 4.74 Å². The average Bonchev–Trinajstić information content (AvgIpc) is 3.54. The van der Waals surface area contributed by atoms with Crippen LogP contribution in [0.15, 0.2) is 126 Å². The lowest BCUT2D eigenvalue weighted by Crippen LogP contribution is -2.30. The van der Waals surface area contributed by atoms with Gasteiger partial charge in [0.05, 0.1) is 20.6 Å². The van der Waals surface area contributed by atoms with Crippen molar-refractivity contribution >= 4 is 52.9 Å². The van der Waals surface area contributed by atoms with Gasteiger partial charge in [0, 0.05) is 30.1 Å². The van der Waals surface area contributed by atoms with Gasteiger partial charge in [-0.1, -0.05) is 145 Å². The van der Waals surface area contributed by atoms with E-state index in [1.165, 1.54) is 0 Å². The summed E-state index contributed by atoms with van der Waals surface area (Å²) in [6, 6.07) is 38.5. The molecule has 6 rings (SSSR count). The van der Waals surface area contributed by atoms with Crippen LogP contribution in [0.1, 0.15) is 63.7 Å². The van der Waals surface area contributed by atoms with Gasteiger partial charge in [-0.05, 0) is 64.7 Å². The van der Waals surface area contributed by atoms with E-state index in [1.54, 1.807) is 24.3 Å². The van der Waals surface area contributed by atoms with Gasteiger partial charge in [-0.3, -0.25) is 4.79 Å². The van der Waals surface area contributed by atoms with Crippen LogP contribution in [0.2, 0.25) is 15.1 Å². The van der Waals surface area contributed by atoms with Gasteiger partial charge in [0.15, 0.2) is 0 Å². The lowest BCUT2D eigenvalue weighted by atomic mass is 10.0. The van der Waals surface area contributed by atoms with E-state index in [1.807, 2.05) is 128 Å². The van der Waals surface area contributed by atoms with Gasteiger partial charge >= 0.3 is 0 Å². The summed E-state index contributed by atoms with van der Waals surface area (Å²) in [5.74, 6) is 1.31. The molecule has 1 heterocycles. The molecule has 252 valence electrons. The second-order valence-electron chi connectivity index (χ2n) is 12.2. The summed E-state index contributed by atoms with van der Waals surface area (Å²) in [6.07, 6.45) is 3.87. The van der Waals surface area contributed by atoms with Gasteiger partial charge in [0.1, 0.15) is 23.8 Å². The number of nitrogens with zero attached hydrogens (tertiary/aromatic N) is 2. The van der Waals surface area contributed by atoms with Gasteiger partial charge in [-0.15, -0.1) is 0 Å². The second kappa shape index (κ2) is 16.3. The number of benzene rings is 5. The van der Waals surface area contributed by atoms with Gasteiger partial charge in [-0.2, -0.15) is 0 Å². The highest BCUT2D eigenvalue weighted by Crippen LogP contribution is 2.39. The van der Waals surface area contributed by atoms with Crippen molar-refractivity contribution < 1.29 is 14.1 Å². The summed E-state index contributed by atoms with van der Waals surface area (Å²) in [4.78, 5) is 15.7. The Morgan fingerprint density at radius 3 is 2.02 bits per heavy atom. The summed E-state index contributed by atoms with van der Waals surface area (Å²) in [7, 11) is 0. The first-order valence-electron chi connectivity index (χ1n) is 16.3. The minimum Gasteiger partial charge on any atom is -0.489 e. The molecule has 0 saturated heterocycles. The first-order valence-corrected chi connectivity index (χ1v) is 17.4. The predicted molar refractivity (Wildman–Crippen MR) is 204 cm³/mol. The van der Waals surface area contributed by atoms with Crippen LogP contribution >= 0.6 is 34.8 Å². The Kier molecular flexibility index (Phi) is 11.4. The zero-order valence-corrected chi connectivity index (χ0v) is 29.9. The van der Waals surface area contributed by atoms with Crippen LogP contribution in [0.4, 0.5) is 0 Å². The molecule has 0 radical (unpaired) electrons. The molecular formula is C42H35Cl3N2O3. The van der Waals surface area contributed by atoms with Gasteiger partial charge in [0.2, 0.25) is 0 Å². The van der Waals surface area contributed by atoms with Crippen LogP contribution in [0.5, 0.6) is 5.75 Å². The molecule has 5 aromatic carbocycles. The molecule has 0 saturated carbocycles. The van der Waals surface area contributed by atoms with Crippen LogP contribution in [-0.4, -0.2) is 16.0 Å². The molecule has 8 heteroatoms. The minimum absolute atomic E-state index is 0.0408. The van der Waals surface area contributed by atoms with E-state index >= 15 is 0 Å². The lowest BCUT2D eigenvalue weighted by molar-refractivity contribution is 0.0730. The number of ether oxygens (including phenoxy) is 1. The summed E-state index contributed by atoms with van der Waals surface area (Å²) >= 11 is 19.7. The highest BCUT2D eigenvalue weighted by molar-refractivity contribution is 6.39. The molecular weight excluding hydrogens is 687 g/mol. The SMILES string of the molecule is CC(C)c1onc(-c2c(Cl)cccc2Cl)c1COc1ccc(C=Cc2cccc(C(=O)N(Cc3ccccc3)Cc3ccccc3)c2)c(Cl)c1. The zero-order valence-electron chi connectivity index (χ0n) is 27.7. The molecule has 0 atom stereocenters. The van der Waals surface area contributed by atoms with Crippen LogP contribution in [0, 0.1) is 0 Å². The molecule has 0 aliphatic rings. The quantitative estimate of drug-likeness (QED) is 0.118. The van der Waals surface area contributed by atoms with Crippen LogP contribution in [0.3, 0.4) is 0 Å². The Morgan fingerprint density at radius 1 is 0.760 bits per heavy atom. The molecule has 50 heavy (non-hydrogen) atoms. The minimum atomic E-state index is -0.0408. The van der Waals surface area contributed by atoms with Crippen molar-refractivity contribution in [3.05, 3.63) is 176 Å². The first-order chi connectivity index (χ1) is 24.3. The van der Waals surface area contributed by atoms with Crippen molar-refractivity contribution in [3.63, 3.8) is 0 Å². The molecule has 0 N–H and O–H groups in total. The number of halogens is 3. The third-order valence-corrected chi connectivity index (χ3v) is 9.16. The summed E-state index contributed by atoms with van der Waals surface area (Å²) in [5, 5.41) is 5.79. The molecule has 1 aromatic heterocycles. The highest BCUT2D eigenvalue weighted by atomic mass is 35.5. The largest absolute Gasteiger partial charge is 0.489 e. The Labute approximate surface area is 307 Å². The monoisotopic (exact) mass is 720 g/mol. The molecule has 0 bridgehead atoms. The van der Waals surface area contributed by atoms with E-state index in [0.717, 1.165) is 27.8 Å². The van der Waals surface area contributed by atoms with Crippen LogP contribution in [0.25, 0.3) is 23.4 Å². The van der Waals surface area contributed by atoms with E-state index in [9.17, 15) is 4.79 Å². The van der Waals surface area contributed by atoms with E-state index in [0.29, 0.717) is 56.5 Å². The second-order valence-corrected chi connectivity index (χ2v) is 13.4. The summed E-state index contributed by atoms with van der Waals surface area (Å²) in [5.41, 5.74) is 6.38. The van der Waals surface area contributed by atoms with E-state index < -0.39 is 0 Å². The Hall–Kier alpha value is -4.81. The van der Waals surface area contributed by atoms with E-state index in [-0.39, 0.29) is 18.4 Å². The summed E-state index contributed by atoms with van der Waals surface area (Å²) < 4.78 is 11.9. The molecule has 0 spiro atoms. The van der Waals surface area contributed by atoms with Crippen molar-refractivity contribution in [3.8, 4) is 17.0 Å². The lowest BCUT2D eigenvalue weighted by Gasteiger charge is -2.23. The fourth-order valence-corrected chi connectivity index (χ4v) is 6.49. The van der Waals surface area contributed by atoms with Crippen LogP contribution in [-0.2, 0) is 19.7 Å². The maximum absolute atomic E-state index is 13.9. The third kappa shape index (κ3) is 8.48. The molecule has 1 amide bonds. The van der Waals surface area contributed by atoms with Crippen molar-refractivity contribution in [2.24, 2.45) is 0 Å². The zero-order chi connectivity index (χ0) is 35.0. The fourth-order valence-electron chi connectivity index (χ4n) is 5.68. The number of hydrogen-bond donors (Lipinski definition) is 0. The van der Waals surface area contributed by atoms with Crippen molar-refractivity contribution in [2.45, 2.75) is 39.5 Å². The maximum Gasteiger partial charge on any atom is 0.254 e. The molecule has 0 aliphatic heterocycles. The molecule has 0 fully saturated rings. The Morgan fingerprint density at radius 2 is 1.40 bits per heavy atom. The number of hydrogen-bond acceptors (Lipinski definition) is 4. The average molecular weight is 722 g/mol. The molecule has 0 aliphatic carbocycles. The standard InChI is InChI=1S/C42H35Cl3N2O3/c1-28(2)41-35(40(46-50-41)39-36(43)17-10-18-37(39)44)27-49-34-22-21-32(38(45)24-34)20-19-29-15-9-16-33(23-29)42(48)47(25-30-11-5-3-6-12-30)26-31-13-7-4-8-14-31/h3-24,28H,25-27H2,1-2H3. The van der Waals surface area contributed by atoms with E-state index in [4.69, 9.17) is 44.1 Å². The number of amides is 1. The van der Waals surface area contributed by atoms with Gasteiger partial charge < -0.3 is 14.2 Å². The smallest absolute Gasteiger partial charge is 0.254 e. The van der Waals surface area contributed by atoms with Crippen molar-refractivity contribution in [1.29, 1.82) is 0 Å². The Bertz CT molecular complexity index is 2050. The van der Waals surface area contributed by atoms with Gasteiger partial charge in [0.25, 0.3) is 5.91 Å².